The van der Waals surface area contributed by atoms with Gasteiger partial charge in [0.1, 0.15) is 9.77 Å². The van der Waals surface area contributed by atoms with Gasteiger partial charge in [0.25, 0.3) is 15.9 Å². The number of anilines is 2. The van der Waals surface area contributed by atoms with Crippen molar-refractivity contribution in [2.24, 2.45) is 0 Å². The molecule has 0 saturated carbocycles. The summed E-state index contributed by atoms with van der Waals surface area (Å²) in [5.74, 6) is -4.45. The van der Waals surface area contributed by atoms with Crippen LogP contribution in [0.2, 0.25) is 2.82 Å². The Hall–Kier alpha value is -2.98. The summed E-state index contributed by atoms with van der Waals surface area (Å²) in [4.78, 5) is 24.7. The van der Waals surface area contributed by atoms with Gasteiger partial charge in [-0.05, 0) is 63.0 Å². The SMILES string of the molecule is [2H]N(C(=O)c1sccc1S(=O)(=O)N([2H])c1onc(C)c1C([2H])([2H])[2H])c1c(C(=O)C([2H])([2H])[2H])cc(C([2H])([2H])[2H])cc1C([2H])([2H])[2H]. The molecule has 0 radical (unpaired) electrons. The van der Waals surface area contributed by atoms with Crippen molar-refractivity contribution in [2.45, 2.75) is 39.2 Å². The monoisotopic (exact) mass is 461 g/mol. The van der Waals surface area contributed by atoms with E-state index >= 15 is 0 Å². The van der Waals surface area contributed by atoms with E-state index in [0.29, 0.717) is 23.5 Å². The van der Waals surface area contributed by atoms with Crippen LogP contribution >= 0.6 is 11.3 Å². The number of hydrogen-bond acceptors (Lipinski definition) is 7. The van der Waals surface area contributed by atoms with Gasteiger partial charge >= 0.3 is 0 Å². The van der Waals surface area contributed by atoms with E-state index in [0.717, 1.165) is 11.4 Å². The number of benzene rings is 1. The number of carbonyl (C=O) groups excluding carboxylic acids is 2. The number of carbonyl (C=O) groups is 2. The van der Waals surface area contributed by atoms with Crippen LogP contribution in [0, 0.1) is 27.5 Å². The molecule has 30 heavy (non-hydrogen) atoms. The third-order valence-electron chi connectivity index (χ3n) is 3.72. The molecule has 158 valence electrons. The molecule has 0 saturated heterocycles. The first-order valence-corrected chi connectivity index (χ1v) is 10.2. The van der Waals surface area contributed by atoms with Gasteiger partial charge in [0.05, 0.1) is 11.4 Å². The number of Topliss-reactive ketones (excluding diaryl/α,β-unsaturated/α-hetero) is 1. The molecule has 1 amide bonds. The van der Waals surface area contributed by atoms with Gasteiger partial charge < -0.3 is 9.83 Å². The maximum absolute atomic E-state index is 13.6. The maximum Gasteiger partial charge on any atom is 0.267 e. The van der Waals surface area contributed by atoms with Crippen molar-refractivity contribution in [1.29, 1.82) is 0 Å². The normalized spacial score (nSPS) is 19.9. The molecule has 0 unspecified atom stereocenters. The van der Waals surface area contributed by atoms with Gasteiger partial charge in [0, 0.05) is 27.6 Å². The molecule has 0 aliphatic heterocycles. The minimum Gasteiger partial charge on any atom is -0.337 e. The molecule has 2 N–H and O–H groups in total. The number of ketones is 1. The van der Waals surface area contributed by atoms with Crippen LogP contribution in [0.15, 0.2) is 33.0 Å². The quantitative estimate of drug-likeness (QED) is 0.531. The lowest BCUT2D eigenvalue weighted by Gasteiger charge is -2.14. The van der Waals surface area contributed by atoms with Crippen molar-refractivity contribution >= 4 is 44.6 Å². The Morgan fingerprint density at radius 1 is 1.27 bits per heavy atom. The van der Waals surface area contributed by atoms with E-state index in [9.17, 15) is 18.0 Å². The lowest BCUT2D eigenvalue weighted by atomic mass is 10.0. The number of rotatable bonds is 6. The highest BCUT2D eigenvalue weighted by Crippen LogP contribution is 2.29. The van der Waals surface area contributed by atoms with Crippen molar-refractivity contribution in [2.75, 3.05) is 10.0 Å². The van der Waals surface area contributed by atoms with E-state index in [4.69, 9.17) is 23.8 Å². The van der Waals surface area contributed by atoms with Gasteiger partial charge in [-0.25, -0.2) is 13.1 Å². The van der Waals surface area contributed by atoms with E-state index in [-0.39, 0.29) is 15.7 Å². The highest BCUT2D eigenvalue weighted by atomic mass is 32.2. The first-order chi connectivity index (χ1) is 19.7. The second kappa shape index (κ2) is 8.04. The van der Waals surface area contributed by atoms with Crippen molar-refractivity contribution in [3.05, 3.63) is 56.4 Å². The average molecular weight is 462 g/mol. The lowest BCUT2D eigenvalue weighted by molar-refractivity contribution is 0.101. The van der Waals surface area contributed by atoms with Gasteiger partial charge in [-0.1, -0.05) is 11.2 Å². The van der Waals surface area contributed by atoms with E-state index in [1.165, 1.54) is 6.92 Å². The molecule has 0 atom stereocenters. The molecule has 3 aromatic rings. The fourth-order valence-electron chi connectivity index (χ4n) is 2.32. The zero-order chi connectivity index (χ0) is 34.0. The van der Waals surface area contributed by atoms with Gasteiger partial charge in [-0.15, -0.1) is 11.3 Å². The van der Waals surface area contributed by atoms with Crippen molar-refractivity contribution < 1.29 is 41.8 Å². The number of thiophene rings is 1. The summed E-state index contributed by atoms with van der Waals surface area (Å²) in [7, 11) is -5.17. The standard InChI is InChI=1S/C20H21N3O5S2/c1-10-8-11(2)17(15(9-10)14(5)24)21-19(25)18-16(6-7-29-18)30(26,27)23-20-12(3)13(4)22-28-20/h6-9,23H,1-5H3,(H,21,25)/i1D3,2D3,3D3,5D3/hD2. The van der Waals surface area contributed by atoms with Crippen LogP contribution < -0.4 is 10.0 Å². The summed E-state index contributed by atoms with van der Waals surface area (Å²) in [6.07, 6.45) is 0. The average Bonchev–Trinajstić information content (AvgIpc) is 3.51. The fourth-order valence-corrected chi connectivity index (χ4v) is 4.54. The Balaban J connectivity index is 2.25. The van der Waals surface area contributed by atoms with Crippen LogP contribution in [0.3, 0.4) is 0 Å². The third-order valence-corrected chi connectivity index (χ3v) is 6.05. The summed E-state index contributed by atoms with van der Waals surface area (Å²) in [6.45, 7) is -11.7. The summed E-state index contributed by atoms with van der Waals surface area (Å²) < 4.78 is 140. The Labute approximate surface area is 198 Å². The van der Waals surface area contributed by atoms with Crippen LogP contribution in [0.1, 0.15) is 65.7 Å². The number of nitrogens with one attached hydrogen (secondary N) is 2. The smallest absolute Gasteiger partial charge is 0.267 e. The Morgan fingerprint density at radius 3 is 2.80 bits per heavy atom. The molecular weight excluding hydrogens is 426 g/mol. The lowest BCUT2D eigenvalue weighted by Crippen LogP contribution is -2.20. The van der Waals surface area contributed by atoms with E-state index in [1.807, 2.05) is 0 Å². The largest absolute Gasteiger partial charge is 0.337 e. The fraction of sp³-hybridized carbons (Fsp3) is 0.250. The molecule has 0 spiro atoms. The zero-order valence-electron chi connectivity index (χ0n) is 29.0. The first kappa shape index (κ1) is 9.88. The number of sulfonamides is 1. The predicted molar refractivity (Wildman–Crippen MR) is 115 cm³/mol. The predicted octanol–water partition coefficient (Wildman–Crippen LogP) is 4.23. The number of aryl methyl sites for hydroxylation is 3. The highest BCUT2D eigenvalue weighted by molar-refractivity contribution is 7.93. The maximum atomic E-state index is 13.6. The van der Waals surface area contributed by atoms with Crippen LogP contribution in [-0.4, -0.2) is 25.3 Å². The summed E-state index contributed by atoms with van der Waals surface area (Å²) in [6, 6.07) is 1.89. The molecule has 0 fully saturated rings. The van der Waals surface area contributed by atoms with Gasteiger partial charge in [-0.3, -0.25) is 9.59 Å². The van der Waals surface area contributed by atoms with Gasteiger partial charge in [-0.2, -0.15) is 0 Å². The topological polar surface area (TPSA) is 118 Å². The minimum atomic E-state index is -5.17. The number of nitrogens with zero attached hydrogens (tertiary/aromatic N) is 1. The van der Waals surface area contributed by atoms with Crippen LogP contribution in [0.25, 0.3) is 0 Å². The van der Waals surface area contributed by atoms with Crippen LogP contribution in [0.4, 0.5) is 11.6 Å². The van der Waals surface area contributed by atoms with Crippen LogP contribution in [0.5, 0.6) is 0 Å². The van der Waals surface area contributed by atoms with Gasteiger partial charge in [0.2, 0.25) is 5.88 Å². The molecule has 1 aromatic carbocycles. The molecule has 0 bridgehead atoms. The number of hydrogen-bond donors (Lipinski definition) is 2. The summed E-state index contributed by atoms with van der Waals surface area (Å²) >= 11 is 0.391. The molecule has 8 nitrogen and oxygen atoms in total. The molecule has 3 rings (SSSR count). The van der Waals surface area contributed by atoms with Crippen molar-refractivity contribution in [3.63, 3.8) is 0 Å². The Bertz CT molecular complexity index is 1720. The first-order valence-electron chi connectivity index (χ1n) is 14.8. The molecule has 2 aromatic heterocycles. The minimum absolute atomic E-state index is 0.254. The molecule has 0 aliphatic carbocycles. The summed E-state index contributed by atoms with van der Waals surface area (Å²) in [5.41, 5.74) is -5.08. The third kappa shape index (κ3) is 4.14. The Kier molecular flexibility index (Phi) is 2.65. The van der Waals surface area contributed by atoms with E-state index in [1.54, 1.807) is 0 Å². The molecule has 0 aliphatic rings. The Morgan fingerprint density at radius 2 is 2.10 bits per heavy atom. The molecule has 10 heteroatoms. The number of aromatic nitrogens is 1. The summed E-state index contributed by atoms with van der Waals surface area (Å²) in [5, 5.41) is 4.17. The second-order valence-corrected chi connectivity index (χ2v) is 8.28. The number of amides is 1. The van der Waals surface area contributed by atoms with E-state index < -0.39 is 92.7 Å². The molecular formula is C20H21N3O5S2. The molecule has 2 heterocycles. The van der Waals surface area contributed by atoms with Gasteiger partial charge in [0.15, 0.2) is 8.61 Å². The van der Waals surface area contributed by atoms with E-state index in [2.05, 4.69) is 5.16 Å². The highest BCUT2D eigenvalue weighted by Gasteiger charge is 2.27. The van der Waals surface area contributed by atoms with Crippen molar-refractivity contribution in [1.82, 2.24) is 5.16 Å². The van der Waals surface area contributed by atoms with Crippen LogP contribution in [-0.2, 0) is 10.0 Å². The van der Waals surface area contributed by atoms with Crippen molar-refractivity contribution in [3.8, 4) is 0 Å². The second-order valence-electron chi connectivity index (χ2n) is 5.79. The zero-order valence-corrected chi connectivity index (χ0v) is 16.6.